The van der Waals surface area contributed by atoms with Gasteiger partial charge in [0.1, 0.15) is 5.60 Å². The average Bonchev–Trinajstić information content (AvgIpc) is 2.42. The van der Waals surface area contributed by atoms with E-state index < -0.39 is 5.60 Å². The Morgan fingerprint density at radius 1 is 1.24 bits per heavy atom. The maximum atomic E-state index is 11.9. The van der Waals surface area contributed by atoms with Crippen molar-refractivity contribution in [1.82, 2.24) is 4.90 Å². The van der Waals surface area contributed by atoms with Gasteiger partial charge in [-0.05, 0) is 52.4 Å². The van der Waals surface area contributed by atoms with E-state index in [0.29, 0.717) is 5.92 Å². The van der Waals surface area contributed by atoms with Crippen LogP contribution < -0.4 is 0 Å². The second-order valence-corrected chi connectivity index (χ2v) is 6.41. The molecule has 0 saturated carbocycles. The molecule has 0 unspecified atom stereocenters. The Kier molecular flexibility index (Phi) is 6.72. The summed E-state index contributed by atoms with van der Waals surface area (Å²) < 4.78 is 9.91. The minimum Gasteiger partial charge on any atom is -0.466 e. The number of esters is 1. The molecule has 0 aromatic rings. The van der Waals surface area contributed by atoms with Gasteiger partial charge in [0.2, 0.25) is 0 Å². The summed E-state index contributed by atoms with van der Waals surface area (Å²) in [5.74, 6) is 0.292. The first-order valence-electron chi connectivity index (χ1n) is 7.54. The number of carbonyl (C=O) groups excluding carboxylic acids is 2. The Labute approximate surface area is 127 Å². The van der Waals surface area contributed by atoms with E-state index in [9.17, 15) is 9.59 Å². The van der Waals surface area contributed by atoms with Gasteiger partial charge in [0, 0.05) is 19.2 Å². The van der Waals surface area contributed by atoms with Crippen molar-refractivity contribution in [3.63, 3.8) is 0 Å². The van der Waals surface area contributed by atoms with E-state index >= 15 is 0 Å². The first kappa shape index (κ1) is 17.5. The maximum absolute atomic E-state index is 11.9. The number of hydrogen-bond acceptors (Lipinski definition) is 4. The summed E-state index contributed by atoms with van der Waals surface area (Å²) in [6.45, 7) is 7.14. The predicted octanol–water partition coefficient (Wildman–Crippen LogP) is 3.14. The number of allylic oxidation sites excluding steroid dienone is 1. The molecule has 1 saturated heterocycles. The van der Waals surface area contributed by atoms with Crippen LogP contribution in [0.5, 0.6) is 0 Å². The van der Waals surface area contributed by atoms with Crippen molar-refractivity contribution >= 4 is 12.1 Å². The third kappa shape index (κ3) is 7.16. The molecule has 1 heterocycles. The number of ether oxygens (including phenoxy) is 2. The number of rotatable bonds is 4. The van der Waals surface area contributed by atoms with Crippen molar-refractivity contribution in [3.8, 4) is 0 Å². The number of hydrogen-bond donors (Lipinski definition) is 0. The summed E-state index contributed by atoms with van der Waals surface area (Å²) in [6.07, 6.45) is 6.99. The van der Waals surface area contributed by atoms with Gasteiger partial charge in [0.05, 0.1) is 7.11 Å². The highest BCUT2D eigenvalue weighted by molar-refractivity contribution is 5.81. The molecule has 1 amide bonds. The molecule has 120 valence electrons. The van der Waals surface area contributed by atoms with E-state index in [1.807, 2.05) is 26.8 Å². The molecule has 0 atom stereocenters. The van der Waals surface area contributed by atoms with Crippen LogP contribution >= 0.6 is 0 Å². The van der Waals surface area contributed by atoms with Crippen molar-refractivity contribution in [2.45, 2.75) is 52.1 Å². The van der Waals surface area contributed by atoms with Gasteiger partial charge in [-0.2, -0.15) is 0 Å². The van der Waals surface area contributed by atoms with Crippen molar-refractivity contribution in [2.75, 3.05) is 20.2 Å². The Morgan fingerprint density at radius 2 is 1.86 bits per heavy atom. The van der Waals surface area contributed by atoms with Crippen LogP contribution in [-0.2, 0) is 14.3 Å². The van der Waals surface area contributed by atoms with Crippen LogP contribution in [0, 0.1) is 5.92 Å². The average molecular weight is 297 g/mol. The summed E-state index contributed by atoms with van der Waals surface area (Å²) in [7, 11) is 1.37. The van der Waals surface area contributed by atoms with E-state index in [1.165, 1.54) is 13.2 Å². The van der Waals surface area contributed by atoms with Gasteiger partial charge in [-0.1, -0.05) is 6.08 Å². The summed E-state index contributed by atoms with van der Waals surface area (Å²) in [4.78, 5) is 24.6. The fourth-order valence-electron chi connectivity index (χ4n) is 2.31. The molecule has 1 rings (SSSR count). The third-order valence-corrected chi connectivity index (χ3v) is 3.46. The number of amides is 1. The molecule has 0 N–H and O–H groups in total. The zero-order valence-electron chi connectivity index (χ0n) is 13.6. The van der Waals surface area contributed by atoms with Crippen molar-refractivity contribution in [1.29, 1.82) is 0 Å². The van der Waals surface area contributed by atoms with Crippen LogP contribution in [0.2, 0.25) is 0 Å². The van der Waals surface area contributed by atoms with Gasteiger partial charge < -0.3 is 14.4 Å². The molecule has 0 aliphatic carbocycles. The topological polar surface area (TPSA) is 55.8 Å². The molecule has 0 aromatic carbocycles. The van der Waals surface area contributed by atoms with Gasteiger partial charge >= 0.3 is 12.1 Å². The summed E-state index contributed by atoms with van der Waals surface area (Å²) in [5, 5.41) is 0. The Balaban J connectivity index is 2.25. The van der Waals surface area contributed by atoms with Crippen LogP contribution in [0.3, 0.4) is 0 Å². The van der Waals surface area contributed by atoms with Gasteiger partial charge in [-0.3, -0.25) is 0 Å². The van der Waals surface area contributed by atoms with E-state index in [2.05, 4.69) is 4.74 Å². The van der Waals surface area contributed by atoms with Crippen molar-refractivity contribution in [2.24, 2.45) is 5.92 Å². The van der Waals surface area contributed by atoms with E-state index in [0.717, 1.165) is 38.8 Å². The zero-order valence-corrected chi connectivity index (χ0v) is 13.6. The fourth-order valence-corrected chi connectivity index (χ4v) is 2.31. The quantitative estimate of drug-likeness (QED) is 0.591. The lowest BCUT2D eigenvalue weighted by molar-refractivity contribution is -0.134. The molecule has 1 aliphatic heterocycles. The molecule has 5 heteroatoms. The summed E-state index contributed by atoms with van der Waals surface area (Å²) in [6, 6.07) is 0. The Bertz CT molecular complexity index is 376. The SMILES string of the molecule is COC(=O)/C=C/CCC1CCN(C(=O)OC(C)(C)C)CC1. The standard InChI is InChI=1S/C16H27NO4/c1-16(2,3)21-15(19)17-11-9-13(10-12-17)7-5-6-8-14(18)20-4/h6,8,13H,5,7,9-12H2,1-4H3/b8-6+. The second kappa shape index (κ2) is 8.05. The van der Waals surface area contributed by atoms with Crippen LogP contribution in [0.15, 0.2) is 12.2 Å². The number of nitrogens with zero attached hydrogens (tertiary/aromatic N) is 1. The van der Waals surface area contributed by atoms with Crippen molar-refractivity contribution < 1.29 is 19.1 Å². The second-order valence-electron chi connectivity index (χ2n) is 6.41. The molecule has 5 nitrogen and oxygen atoms in total. The Hall–Kier alpha value is -1.52. The molecule has 1 aliphatic rings. The minimum atomic E-state index is -0.438. The van der Waals surface area contributed by atoms with Crippen LogP contribution in [0.25, 0.3) is 0 Å². The smallest absolute Gasteiger partial charge is 0.410 e. The van der Waals surface area contributed by atoms with Gasteiger partial charge in [0.15, 0.2) is 0 Å². The summed E-state index contributed by atoms with van der Waals surface area (Å²) in [5.41, 5.74) is -0.438. The largest absolute Gasteiger partial charge is 0.466 e. The number of likely N-dealkylation sites (tertiary alicyclic amines) is 1. The lowest BCUT2D eigenvalue weighted by Crippen LogP contribution is -2.41. The monoisotopic (exact) mass is 297 g/mol. The molecule has 1 fully saturated rings. The molecule has 0 bridgehead atoms. The number of piperidine rings is 1. The maximum Gasteiger partial charge on any atom is 0.410 e. The normalized spacial score (nSPS) is 17.0. The molecular formula is C16H27NO4. The first-order chi connectivity index (χ1) is 9.81. The van der Waals surface area contributed by atoms with E-state index in [-0.39, 0.29) is 12.1 Å². The van der Waals surface area contributed by atoms with Gasteiger partial charge in [-0.15, -0.1) is 0 Å². The Morgan fingerprint density at radius 3 is 2.38 bits per heavy atom. The van der Waals surface area contributed by atoms with Gasteiger partial charge in [-0.25, -0.2) is 9.59 Å². The van der Waals surface area contributed by atoms with Crippen molar-refractivity contribution in [3.05, 3.63) is 12.2 Å². The lowest BCUT2D eigenvalue weighted by atomic mass is 9.92. The third-order valence-electron chi connectivity index (χ3n) is 3.46. The molecule has 21 heavy (non-hydrogen) atoms. The lowest BCUT2D eigenvalue weighted by Gasteiger charge is -2.33. The van der Waals surface area contributed by atoms with Crippen LogP contribution in [-0.4, -0.2) is 42.8 Å². The molecule has 0 aromatic heterocycles. The van der Waals surface area contributed by atoms with Gasteiger partial charge in [0.25, 0.3) is 0 Å². The number of carbonyl (C=O) groups is 2. The molecule has 0 spiro atoms. The summed E-state index contributed by atoms with van der Waals surface area (Å²) >= 11 is 0. The molecular weight excluding hydrogens is 270 g/mol. The number of methoxy groups -OCH3 is 1. The fraction of sp³-hybridized carbons (Fsp3) is 0.750. The minimum absolute atomic E-state index is 0.216. The van der Waals surface area contributed by atoms with E-state index in [4.69, 9.17) is 4.74 Å². The predicted molar refractivity (Wildman–Crippen MR) is 80.9 cm³/mol. The molecule has 0 radical (unpaired) electrons. The zero-order chi connectivity index (χ0) is 15.9. The first-order valence-corrected chi connectivity index (χ1v) is 7.54. The van der Waals surface area contributed by atoms with Crippen LogP contribution in [0.1, 0.15) is 46.5 Å². The highest BCUT2D eigenvalue weighted by Crippen LogP contribution is 2.23. The van der Waals surface area contributed by atoms with Crippen LogP contribution in [0.4, 0.5) is 4.79 Å². The highest BCUT2D eigenvalue weighted by atomic mass is 16.6. The van der Waals surface area contributed by atoms with E-state index in [1.54, 1.807) is 4.90 Å². The highest BCUT2D eigenvalue weighted by Gasteiger charge is 2.26.